The number of rotatable bonds is 11. The highest BCUT2D eigenvalue weighted by atomic mass is 32.2. The Kier molecular flexibility index (Phi) is 8.77. The number of anilines is 1. The fourth-order valence-electron chi connectivity index (χ4n) is 2.28. The van der Waals surface area contributed by atoms with Gasteiger partial charge in [-0.1, -0.05) is 19.9 Å². The lowest BCUT2D eigenvalue weighted by Crippen LogP contribution is -2.31. The zero-order chi connectivity index (χ0) is 19.7. The van der Waals surface area contributed by atoms with E-state index in [1.54, 1.807) is 32.9 Å². The van der Waals surface area contributed by atoms with Gasteiger partial charge in [0.15, 0.2) is 0 Å². The van der Waals surface area contributed by atoms with Gasteiger partial charge in [-0.2, -0.15) is 4.31 Å². The second-order valence-electron chi connectivity index (χ2n) is 5.43. The zero-order valence-electron chi connectivity index (χ0n) is 15.8. The molecule has 0 bridgehead atoms. The zero-order valence-corrected chi connectivity index (χ0v) is 16.6. The van der Waals surface area contributed by atoms with Gasteiger partial charge in [-0.3, -0.25) is 4.79 Å². The molecule has 0 radical (unpaired) electrons. The van der Waals surface area contributed by atoms with Crippen LogP contribution in [0.3, 0.4) is 0 Å². The largest absolute Gasteiger partial charge is 0.492 e. The second kappa shape index (κ2) is 10.3. The molecule has 1 aromatic carbocycles. The third-order valence-corrected chi connectivity index (χ3v) is 5.73. The molecule has 26 heavy (non-hydrogen) atoms. The molecule has 0 saturated heterocycles. The van der Waals surface area contributed by atoms with E-state index in [4.69, 9.17) is 9.47 Å². The standard InChI is InChI=1S/C18H28N2O5S/c1-6-12-25-14(5)18(21)19-16-13-15(10-11-17(16)24-9-4)26(22,23)20(7-2)8-3/h6,10-11,13-14H,1,7-9,12H2,2-5H3,(H,19,21)/t14-/m0/s1. The molecule has 0 aliphatic heterocycles. The maximum absolute atomic E-state index is 12.7. The quantitative estimate of drug-likeness (QED) is 0.593. The summed E-state index contributed by atoms with van der Waals surface area (Å²) in [6.45, 7) is 11.8. The molecule has 1 amide bonds. The number of ether oxygens (including phenoxy) is 2. The number of benzene rings is 1. The van der Waals surface area contributed by atoms with Crippen molar-refractivity contribution in [2.75, 3.05) is 31.6 Å². The highest BCUT2D eigenvalue weighted by molar-refractivity contribution is 7.89. The molecule has 1 aromatic rings. The summed E-state index contributed by atoms with van der Waals surface area (Å²) in [5.74, 6) is 0.000424. The van der Waals surface area contributed by atoms with Gasteiger partial charge in [-0.25, -0.2) is 8.42 Å². The van der Waals surface area contributed by atoms with E-state index in [2.05, 4.69) is 11.9 Å². The molecule has 7 nitrogen and oxygen atoms in total. The minimum Gasteiger partial charge on any atom is -0.492 e. The normalized spacial score (nSPS) is 12.7. The fourth-order valence-corrected chi connectivity index (χ4v) is 3.77. The molecule has 0 unspecified atom stereocenters. The molecule has 0 aliphatic rings. The average molecular weight is 384 g/mol. The molecule has 0 aromatic heterocycles. The summed E-state index contributed by atoms with van der Waals surface area (Å²) in [5, 5.41) is 2.69. The first kappa shape index (κ1) is 22.1. The number of carbonyl (C=O) groups excluding carboxylic acids is 1. The lowest BCUT2D eigenvalue weighted by Gasteiger charge is -2.20. The molecule has 146 valence electrons. The van der Waals surface area contributed by atoms with Crippen LogP contribution in [-0.4, -0.2) is 51.0 Å². The van der Waals surface area contributed by atoms with Crippen LogP contribution in [0.15, 0.2) is 35.7 Å². The van der Waals surface area contributed by atoms with E-state index in [1.807, 2.05) is 6.92 Å². The third kappa shape index (κ3) is 5.55. The fraction of sp³-hybridized carbons (Fsp3) is 0.500. The average Bonchev–Trinajstić information content (AvgIpc) is 2.61. The van der Waals surface area contributed by atoms with Crippen molar-refractivity contribution < 1.29 is 22.7 Å². The molecule has 0 fully saturated rings. The minimum absolute atomic E-state index is 0.0969. The first-order chi connectivity index (χ1) is 12.3. The molecule has 8 heteroatoms. The van der Waals surface area contributed by atoms with Crippen LogP contribution >= 0.6 is 0 Å². The summed E-state index contributed by atoms with van der Waals surface area (Å²) in [6, 6.07) is 4.44. The molecule has 1 rings (SSSR count). The van der Waals surface area contributed by atoms with Gasteiger partial charge in [0.05, 0.1) is 23.8 Å². The van der Waals surface area contributed by atoms with Gasteiger partial charge in [0.2, 0.25) is 10.0 Å². The van der Waals surface area contributed by atoms with Crippen molar-refractivity contribution in [1.29, 1.82) is 0 Å². The minimum atomic E-state index is -3.64. The van der Waals surface area contributed by atoms with Crippen LogP contribution in [0.1, 0.15) is 27.7 Å². The maximum atomic E-state index is 12.7. The van der Waals surface area contributed by atoms with Crippen molar-refractivity contribution in [2.45, 2.75) is 38.7 Å². The number of sulfonamides is 1. The van der Waals surface area contributed by atoms with Crippen molar-refractivity contribution in [2.24, 2.45) is 0 Å². The Morgan fingerprint density at radius 1 is 1.31 bits per heavy atom. The number of hydrogen-bond acceptors (Lipinski definition) is 5. The summed E-state index contributed by atoms with van der Waals surface area (Å²) in [6.07, 6.45) is 0.831. The third-order valence-electron chi connectivity index (χ3n) is 3.69. The molecule has 1 atom stereocenters. The van der Waals surface area contributed by atoms with Crippen molar-refractivity contribution in [3.05, 3.63) is 30.9 Å². The van der Waals surface area contributed by atoms with Crippen molar-refractivity contribution in [1.82, 2.24) is 4.31 Å². The van der Waals surface area contributed by atoms with Gasteiger partial charge >= 0.3 is 0 Å². The first-order valence-electron chi connectivity index (χ1n) is 8.62. The summed E-state index contributed by atoms with van der Waals surface area (Å²) in [4.78, 5) is 12.4. The van der Waals surface area contributed by atoms with Crippen molar-refractivity contribution >= 4 is 21.6 Å². The van der Waals surface area contributed by atoms with Crippen LogP contribution in [-0.2, 0) is 19.6 Å². The smallest absolute Gasteiger partial charge is 0.253 e. The summed E-state index contributed by atoms with van der Waals surface area (Å²) in [7, 11) is -3.64. The first-order valence-corrected chi connectivity index (χ1v) is 10.1. The lowest BCUT2D eigenvalue weighted by molar-refractivity contribution is -0.125. The van der Waals surface area contributed by atoms with Crippen LogP contribution < -0.4 is 10.1 Å². The topological polar surface area (TPSA) is 84.9 Å². The maximum Gasteiger partial charge on any atom is 0.253 e. The summed E-state index contributed by atoms with van der Waals surface area (Å²) < 4.78 is 37.6. The van der Waals surface area contributed by atoms with E-state index in [0.29, 0.717) is 31.1 Å². The van der Waals surface area contributed by atoms with Crippen LogP contribution in [0, 0.1) is 0 Å². The van der Waals surface area contributed by atoms with Crippen molar-refractivity contribution in [3.63, 3.8) is 0 Å². The van der Waals surface area contributed by atoms with Gasteiger partial charge in [0, 0.05) is 13.1 Å². The highest BCUT2D eigenvalue weighted by Gasteiger charge is 2.24. The van der Waals surface area contributed by atoms with Crippen LogP contribution in [0.2, 0.25) is 0 Å². The van der Waals surface area contributed by atoms with Crippen LogP contribution in [0.4, 0.5) is 5.69 Å². The van der Waals surface area contributed by atoms with Crippen LogP contribution in [0.25, 0.3) is 0 Å². The monoisotopic (exact) mass is 384 g/mol. The Morgan fingerprint density at radius 2 is 1.96 bits per heavy atom. The van der Waals surface area contributed by atoms with E-state index >= 15 is 0 Å². The van der Waals surface area contributed by atoms with Gasteiger partial charge in [0.25, 0.3) is 5.91 Å². The summed E-state index contributed by atoms with van der Waals surface area (Å²) >= 11 is 0. The summed E-state index contributed by atoms with van der Waals surface area (Å²) in [5.41, 5.74) is 0.291. The molecule has 0 saturated carbocycles. The number of amides is 1. The molecule has 0 aliphatic carbocycles. The SMILES string of the molecule is C=CCO[C@@H](C)C(=O)Nc1cc(S(=O)(=O)N(CC)CC)ccc1OCC. The van der Waals surface area contributed by atoms with E-state index in [1.165, 1.54) is 16.4 Å². The number of hydrogen-bond donors (Lipinski definition) is 1. The second-order valence-corrected chi connectivity index (χ2v) is 7.37. The van der Waals surface area contributed by atoms with Crippen LogP contribution in [0.5, 0.6) is 5.75 Å². The molecule has 1 N–H and O–H groups in total. The predicted octanol–water partition coefficient (Wildman–Crippen LogP) is 2.65. The number of carbonyl (C=O) groups is 1. The van der Waals surface area contributed by atoms with E-state index in [-0.39, 0.29) is 11.5 Å². The Labute approximate surface area is 156 Å². The predicted molar refractivity (Wildman–Crippen MR) is 102 cm³/mol. The van der Waals surface area contributed by atoms with Gasteiger partial charge in [-0.15, -0.1) is 6.58 Å². The molecular weight excluding hydrogens is 356 g/mol. The Balaban J connectivity index is 3.19. The van der Waals surface area contributed by atoms with Gasteiger partial charge in [-0.05, 0) is 32.0 Å². The van der Waals surface area contributed by atoms with Gasteiger partial charge in [0.1, 0.15) is 11.9 Å². The molecule has 0 heterocycles. The number of nitrogens with one attached hydrogen (secondary N) is 1. The Bertz CT molecular complexity index is 714. The van der Waals surface area contributed by atoms with Gasteiger partial charge < -0.3 is 14.8 Å². The molecular formula is C18H28N2O5S. The Hall–Kier alpha value is -1.90. The van der Waals surface area contributed by atoms with Crippen molar-refractivity contribution in [3.8, 4) is 5.75 Å². The lowest BCUT2D eigenvalue weighted by atomic mass is 10.2. The highest BCUT2D eigenvalue weighted by Crippen LogP contribution is 2.29. The van der Waals surface area contributed by atoms with E-state index < -0.39 is 22.0 Å². The Morgan fingerprint density at radius 3 is 2.50 bits per heavy atom. The van der Waals surface area contributed by atoms with E-state index in [0.717, 1.165) is 0 Å². The van der Waals surface area contributed by atoms with E-state index in [9.17, 15) is 13.2 Å². The molecule has 0 spiro atoms. The number of nitrogens with zero attached hydrogens (tertiary/aromatic N) is 1.